The number of carbonyl (C=O) groups is 2. The highest BCUT2D eigenvalue weighted by Crippen LogP contribution is 2.35. The van der Waals surface area contributed by atoms with Gasteiger partial charge in [-0.1, -0.05) is 61.0 Å². The van der Waals surface area contributed by atoms with Crippen LogP contribution in [0.3, 0.4) is 0 Å². The van der Waals surface area contributed by atoms with Crippen molar-refractivity contribution in [2.75, 3.05) is 20.1 Å². The monoisotopic (exact) mass is 378 g/mol. The average Bonchev–Trinajstić information content (AvgIpc) is 2.72. The van der Waals surface area contributed by atoms with Crippen molar-refractivity contribution in [2.24, 2.45) is 5.41 Å². The Kier molecular flexibility index (Phi) is 6.18. The van der Waals surface area contributed by atoms with E-state index in [0.29, 0.717) is 19.4 Å². The number of nitrogens with one attached hydrogen (secondary N) is 1. The molecule has 4 heteroatoms. The van der Waals surface area contributed by atoms with E-state index in [-0.39, 0.29) is 11.8 Å². The third kappa shape index (κ3) is 4.27. The first kappa shape index (κ1) is 20.1. The molecule has 0 unspecified atom stereocenters. The highest BCUT2D eigenvalue weighted by molar-refractivity contribution is 5.85. The fraction of sp³-hybridized carbons (Fsp3) is 0.417. The zero-order valence-corrected chi connectivity index (χ0v) is 17.1. The van der Waals surface area contributed by atoms with E-state index in [0.717, 1.165) is 30.5 Å². The van der Waals surface area contributed by atoms with E-state index in [2.05, 4.69) is 60.8 Å². The molecule has 0 bridgehead atoms. The Morgan fingerprint density at radius 2 is 1.82 bits per heavy atom. The molecule has 0 aromatic heterocycles. The summed E-state index contributed by atoms with van der Waals surface area (Å²) in [7, 11) is 1.69. The molecular formula is C24H30N2O2. The van der Waals surface area contributed by atoms with Crippen LogP contribution in [0.25, 0.3) is 11.1 Å². The Morgan fingerprint density at radius 3 is 2.50 bits per heavy atom. The second kappa shape index (κ2) is 8.59. The molecule has 2 aromatic rings. The first-order valence-electron chi connectivity index (χ1n) is 10.1. The van der Waals surface area contributed by atoms with Gasteiger partial charge in [-0.15, -0.1) is 0 Å². The van der Waals surface area contributed by atoms with Crippen molar-refractivity contribution < 1.29 is 9.59 Å². The number of hydrogen-bond acceptors (Lipinski definition) is 2. The van der Waals surface area contributed by atoms with Crippen LogP contribution in [-0.4, -0.2) is 36.9 Å². The van der Waals surface area contributed by atoms with E-state index in [4.69, 9.17) is 0 Å². The van der Waals surface area contributed by atoms with E-state index < -0.39 is 5.41 Å². The number of aryl methyl sites for hydroxylation is 1. The highest BCUT2D eigenvalue weighted by atomic mass is 16.2. The van der Waals surface area contributed by atoms with Gasteiger partial charge in [0.25, 0.3) is 0 Å². The topological polar surface area (TPSA) is 49.4 Å². The molecule has 1 saturated heterocycles. The fourth-order valence-corrected chi connectivity index (χ4v) is 4.32. The number of carbonyl (C=O) groups excluding carboxylic acids is 2. The van der Waals surface area contributed by atoms with Gasteiger partial charge in [0.2, 0.25) is 11.8 Å². The van der Waals surface area contributed by atoms with Gasteiger partial charge in [0.15, 0.2) is 0 Å². The van der Waals surface area contributed by atoms with E-state index in [1.807, 2.05) is 11.8 Å². The van der Waals surface area contributed by atoms with Crippen molar-refractivity contribution in [1.29, 1.82) is 0 Å². The zero-order chi connectivity index (χ0) is 20.1. The average molecular weight is 379 g/mol. The predicted octanol–water partition coefficient (Wildman–Crippen LogP) is 3.97. The Labute approximate surface area is 167 Å². The van der Waals surface area contributed by atoms with Crippen molar-refractivity contribution >= 4 is 11.8 Å². The highest BCUT2D eigenvalue weighted by Gasteiger charge is 2.42. The van der Waals surface area contributed by atoms with Gasteiger partial charge in [-0.2, -0.15) is 0 Å². The summed E-state index contributed by atoms with van der Waals surface area (Å²) in [5.41, 5.74) is 4.13. The summed E-state index contributed by atoms with van der Waals surface area (Å²) in [5.74, 6) is 0.156. The summed E-state index contributed by atoms with van der Waals surface area (Å²) in [5, 5.41) is 2.85. The van der Waals surface area contributed by atoms with Crippen molar-refractivity contribution in [1.82, 2.24) is 10.2 Å². The lowest BCUT2D eigenvalue weighted by Crippen LogP contribution is -2.53. The van der Waals surface area contributed by atoms with Crippen molar-refractivity contribution in [2.45, 2.75) is 39.5 Å². The third-order valence-electron chi connectivity index (χ3n) is 5.76. The van der Waals surface area contributed by atoms with Gasteiger partial charge < -0.3 is 10.2 Å². The van der Waals surface area contributed by atoms with Crippen LogP contribution < -0.4 is 5.32 Å². The number of piperidine rings is 1. The summed E-state index contributed by atoms with van der Waals surface area (Å²) < 4.78 is 0. The van der Waals surface area contributed by atoms with Crippen molar-refractivity contribution in [3.05, 3.63) is 59.7 Å². The largest absolute Gasteiger partial charge is 0.359 e. The number of rotatable bonds is 5. The normalized spacial score (nSPS) is 19.3. The molecule has 0 aliphatic carbocycles. The molecule has 148 valence electrons. The van der Waals surface area contributed by atoms with Gasteiger partial charge >= 0.3 is 0 Å². The molecule has 1 heterocycles. The molecule has 0 spiro atoms. The number of nitrogens with zero attached hydrogens (tertiary/aromatic N) is 1. The maximum atomic E-state index is 12.9. The predicted molar refractivity (Wildman–Crippen MR) is 113 cm³/mol. The zero-order valence-electron chi connectivity index (χ0n) is 17.1. The molecule has 0 radical (unpaired) electrons. The van der Waals surface area contributed by atoms with E-state index in [1.165, 1.54) is 11.1 Å². The number of amides is 2. The minimum atomic E-state index is -0.566. The molecule has 1 aliphatic heterocycles. The second-order valence-corrected chi connectivity index (χ2v) is 7.88. The molecule has 28 heavy (non-hydrogen) atoms. The van der Waals surface area contributed by atoms with Gasteiger partial charge in [0, 0.05) is 26.6 Å². The molecule has 0 saturated carbocycles. The number of hydrogen-bond donors (Lipinski definition) is 1. The number of likely N-dealkylation sites (tertiary alicyclic amines) is 1. The molecule has 3 rings (SSSR count). The van der Waals surface area contributed by atoms with Gasteiger partial charge in [0.05, 0.1) is 5.41 Å². The molecule has 1 atom stereocenters. The molecule has 1 N–H and O–H groups in total. The van der Waals surface area contributed by atoms with Crippen LogP contribution in [0.2, 0.25) is 0 Å². The lowest BCUT2D eigenvalue weighted by atomic mass is 9.74. The lowest BCUT2D eigenvalue weighted by Gasteiger charge is -2.41. The van der Waals surface area contributed by atoms with Crippen LogP contribution in [0.4, 0.5) is 0 Å². The molecular weight excluding hydrogens is 348 g/mol. The minimum Gasteiger partial charge on any atom is -0.359 e. The van der Waals surface area contributed by atoms with Crippen LogP contribution in [0.1, 0.15) is 37.3 Å². The molecule has 2 aromatic carbocycles. The summed E-state index contributed by atoms with van der Waals surface area (Å²) in [6, 6.07) is 16.9. The van der Waals surface area contributed by atoms with Crippen molar-refractivity contribution in [3.8, 4) is 11.1 Å². The molecule has 4 nitrogen and oxygen atoms in total. The summed E-state index contributed by atoms with van der Waals surface area (Å²) >= 11 is 0. The smallest absolute Gasteiger partial charge is 0.228 e. The van der Waals surface area contributed by atoms with Gasteiger partial charge in [-0.25, -0.2) is 0 Å². The number of benzene rings is 2. The lowest BCUT2D eigenvalue weighted by molar-refractivity contribution is -0.141. The second-order valence-electron chi connectivity index (χ2n) is 7.88. The minimum absolute atomic E-state index is 0.0297. The van der Waals surface area contributed by atoms with E-state index in [1.54, 1.807) is 7.05 Å². The summed E-state index contributed by atoms with van der Waals surface area (Å²) in [6.07, 6.45) is 2.78. The van der Waals surface area contributed by atoms with E-state index in [9.17, 15) is 9.59 Å². The standard InChI is InChI=1S/C24H30N2O2/c1-4-22(27)26-13-7-12-24(17-26,23(28)25-3)16-19-9-6-11-21(15-19)20-10-5-8-18(2)14-20/h5-6,8-11,14-15H,4,7,12-13,16-17H2,1-3H3,(H,25,28)/t24-/m0/s1. The van der Waals surface area contributed by atoms with Crippen molar-refractivity contribution in [3.63, 3.8) is 0 Å². The van der Waals surface area contributed by atoms with E-state index >= 15 is 0 Å². The fourth-order valence-electron chi connectivity index (χ4n) is 4.32. The first-order valence-corrected chi connectivity index (χ1v) is 10.1. The van der Waals surface area contributed by atoms with Crippen LogP contribution in [0, 0.1) is 12.3 Å². The van der Waals surface area contributed by atoms with Crippen LogP contribution >= 0.6 is 0 Å². The van der Waals surface area contributed by atoms with Gasteiger partial charge in [-0.05, 0) is 42.9 Å². The summed E-state index contributed by atoms with van der Waals surface area (Å²) in [6.45, 7) is 5.21. The maximum Gasteiger partial charge on any atom is 0.228 e. The Morgan fingerprint density at radius 1 is 1.11 bits per heavy atom. The molecule has 1 fully saturated rings. The van der Waals surface area contributed by atoms with Crippen LogP contribution in [0.5, 0.6) is 0 Å². The van der Waals surface area contributed by atoms with Gasteiger partial charge in [0.1, 0.15) is 0 Å². The Bertz CT molecular complexity index is 861. The molecule has 1 aliphatic rings. The third-order valence-corrected chi connectivity index (χ3v) is 5.76. The Balaban J connectivity index is 1.91. The summed E-state index contributed by atoms with van der Waals surface area (Å²) in [4.78, 5) is 27.0. The first-order chi connectivity index (χ1) is 13.5. The SMILES string of the molecule is CCC(=O)N1CCC[C@@](Cc2cccc(-c3cccc(C)c3)c2)(C(=O)NC)C1. The van der Waals surface area contributed by atoms with Crippen LogP contribution in [-0.2, 0) is 16.0 Å². The quantitative estimate of drug-likeness (QED) is 0.856. The molecule has 2 amide bonds. The van der Waals surface area contributed by atoms with Gasteiger partial charge in [-0.3, -0.25) is 9.59 Å². The maximum absolute atomic E-state index is 12.9. The Hall–Kier alpha value is -2.62. The van der Waals surface area contributed by atoms with Crippen LogP contribution in [0.15, 0.2) is 48.5 Å².